The highest BCUT2D eigenvalue weighted by Crippen LogP contribution is 2.43. The zero-order chi connectivity index (χ0) is 21.7. The van der Waals surface area contributed by atoms with E-state index in [4.69, 9.17) is 14.2 Å². The molecule has 0 radical (unpaired) electrons. The molecule has 2 aliphatic rings. The highest BCUT2D eigenvalue weighted by molar-refractivity contribution is 7.92. The average molecular weight is 451 g/mol. The molecule has 0 fully saturated rings. The van der Waals surface area contributed by atoms with Gasteiger partial charge < -0.3 is 14.2 Å². The van der Waals surface area contributed by atoms with E-state index in [0.29, 0.717) is 23.5 Å². The van der Waals surface area contributed by atoms with Gasteiger partial charge in [0.2, 0.25) is 0 Å². The Balaban J connectivity index is 1.57. The van der Waals surface area contributed by atoms with Gasteiger partial charge in [-0.2, -0.15) is 0 Å². The van der Waals surface area contributed by atoms with Crippen LogP contribution in [0, 0.1) is 5.41 Å². The predicted molar refractivity (Wildman–Crippen MR) is 110 cm³/mol. The Bertz CT molecular complexity index is 1130. The van der Waals surface area contributed by atoms with E-state index in [2.05, 4.69) is 0 Å². The molecule has 1 aromatic heterocycles. The van der Waals surface area contributed by atoms with E-state index in [1.54, 1.807) is 12.1 Å². The van der Waals surface area contributed by atoms with Gasteiger partial charge in [-0.1, -0.05) is 26.0 Å². The summed E-state index contributed by atoms with van der Waals surface area (Å²) in [5.41, 5.74) is 0.261. The van der Waals surface area contributed by atoms with Crippen LogP contribution >= 0.6 is 11.3 Å². The molecule has 4 rings (SSSR count). The molecule has 1 aliphatic heterocycles. The fraction of sp³-hybridized carbons (Fsp3) is 0.429. The van der Waals surface area contributed by atoms with Crippen LogP contribution < -0.4 is 9.47 Å². The summed E-state index contributed by atoms with van der Waals surface area (Å²) in [6.45, 7) is 4.02. The molecule has 1 aromatic carbocycles. The Labute approximate surface area is 178 Å². The Morgan fingerprint density at radius 2 is 1.93 bits per heavy atom. The molecule has 1 atom stereocenters. The molecule has 0 saturated heterocycles. The van der Waals surface area contributed by atoms with Crippen molar-refractivity contribution < 1.29 is 32.2 Å². The third-order valence-electron chi connectivity index (χ3n) is 5.04. The Hall–Kier alpha value is -2.39. The number of para-hydroxylation sites is 2. The summed E-state index contributed by atoms with van der Waals surface area (Å²) in [7, 11) is -3.65. The minimum absolute atomic E-state index is 0.0502. The number of carbonyl (C=O) groups is 2. The number of hydrogen-bond donors (Lipinski definition) is 0. The number of ether oxygens (including phenoxy) is 3. The van der Waals surface area contributed by atoms with Gasteiger partial charge in [0.25, 0.3) is 0 Å². The van der Waals surface area contributed by atoms with E-state index in [0.717, 1.165) is 17.6 Å². The second-order valence-electron chi connectivity index (χ2n) is 8.38. The summed E-state index contributed by atoms with van der Waals surface area (Å²) < 4.78 is 41.3. The lowest BCUT2D eigenvalue weighted by molar-refractivity contribution is 0.0112. The van der Waals surface area contributed by atoms with Crippen molar-refractivity contribution >= 4 is 32.9 Å². The first-order valence-corrected chi connectivity index (χ1v) is 12.2. The number of rotatable bonds is 4. The molecule has 7 nitrogen and oxygen atoms in total. The van der Waals surface area contributed by atoms with Gasteiger partial charge in [0, 0.05) is 12.7 Å². The number of benzene rings is 1. The normalized spacial score (nSPS) is 19.8. The second kappa shape index (κ2) is 7.39. The Morgan fingerprint density at radius 1 is 1.23 bits per heavy atom. The molecule has 0 bridgehead atoms. The third kappa shape index (κ3) is 3.96. The molecule has 30 heavy (non-hydrogen) atoms. The van der Waals surface area contributed by atoms with Crippen LogP contribution in [0.2, 0.25) is 0 Å². The van der Waals surface area contributed by atoms with Crippen molar-refractivity contribution in [2.24, 2.45) is 5.41 Å². The molecule has 0 saturated carbocycles. The predicted octanol–water partition coefficient (Wildman–Crippen LogP) is 3.30. The summed E-state index contributed by atoms with van der Waals surface area (Å²) in [5, 5.41) is 0. The van der Waals surface area contributed by atoms with Crippen molar-refractivity contribution in [1.29, 1.82) is 0 Å². The van der Waals surface area contributed by atoms with Crippen LogP contribution in [0.25, 0.3) is 0 Å². The standard InChI is InChI=1S/C21H22O7S2/c1-21(2)8-13-17(14(22)9-21)20(30(3,24)25)29-18(13)19(23)27-11-12-10-26-15-6-4-5-7-16(15)28-12/h4-7,12H,8-11H2,1-3H3. The molecular formula is C21H22O7S2. The van der Waals surface area contributed by atoms with Crippen molar-refractivity contribution in [2.45, 2.75) is 37.0 Å². The number of ketones is 1. The van der Waals surface area contributed by atoms with Gasteiger partial charge in [0.05, 0.1) is 5.56 Å². The number of Topliss-reactive ketones (excluding diaryl/α,β-unsaturated/α-hetero) is 1. The number of hydrogen-bond acceptors (Lipinski definition) is 8. The molecular weight excluding hydrogens is 428 g/mol. The monoisotopic (exact) mass is 450 g/mol. The zero-order valence-electron chi connectivity index (χ0n) is 16.9. The lowest BCUT2D eigenvalue weighted by Crippen LogP contribution is -2.34. The number of esters is 1. The lowest BCUT2D eigenvalue weighted by Gasteiger charge is -2.29. The van der Waals surface area contributed by atoms with Gasteiger partial charge in [0.1, 0.15) is 22.3 Å². The van der Waals surface area contributed by atoms with Crippen molar-refractivity contribution in [2.75, 3.05) is 19.5 Å². The fourth-order valence-corrected chi connectivity index (χ4v) is 6.19. The van der Waals surface area contributed by atoms with E-state index in [-0.39, 0.29) is 45.5 Å². The minimum Gasteiger partial charge on any atom is -0.486 e. The van der Waals surface area contributed by atoms with Gasteiger partial charge in [0.15, 0.2) is 33.2 Å². The summed E-state index contributed by atoms with van der Waals surface area (Å²) in [5.74, 6) is 0.299. The van der Waals surface area contributed by atoms with Gasteiger partial charge >= 0.3 is 5.97 Å². The fourth-order valence-electron chi connectivity index (χ4n) is 3.76. The molecule has 2 heterocycles. The van der Waals surface area contributed by atoms with Gasteiger partial charge in [-0.25, -0.2) is 13.2 Å². The first kappa shape index (κ1) is 20.9. The molecule has 9 heteroatoms. The minimum atomic E-state index is -3.65. The Morgan fingerprint density at radius 3 is 2.63 bits per heavy atom. The highest BCUT2D eigenvalue weighted by Gasteiger charge is 2.40. The molecule has 1 aliphatic carbocycles. The van der Waals surface area contributed by atoms with Crippen LogP contribution in [0.5, 0.6) is 11.5 Å². The van der Waals surface area contributed by atoms with E-state index < -0.39 is 21.9 Å². The van der Waals surface area contributed by atoms with Gasteiger partial charge in [-0.3, -0.25) is 4.79 Å². The van der Waals surface area contributed by atoms with Crippen molar-refractivity contribution in [3.63, 3.8) is 0 Å². The van der Waals surface area contributed by atoms with Gasteiger partial charge in [-0.05, 0) is 29.5 Å². The summed E-state index contributed by atoms with van der Waals surface area (Å²) in [6, 6.07) is 7.22. The number of sulfone groups is 1. The topological polar surface area (TPSA) is 96.0 Å². The molecule has 2 aromatic rings. The maximum atomic E-state index is 12.8. The van der Waals surface area contributed by atoms with Crippen LogP contribution in [0.4, 0.5) is 0 Å². The molecule has 1 unspecified atom stereocenters. The number of fused-ring (bicyclic) bond motifs is 2. The second-order valence-corrected chi connectivity index (χ2v) is 11.6. The third-order valence-corrected chi connectivity index (χ3v) is 8.08. The van der Waals surface area contributed by atoms with Crippen LogP contribution in [0.15, 0.2) is 28.5 Å². The van der Waals surface area contributed by atoms with E-state index >= 15 is 0 Å². The average Bonchev–Trinajstić information content (AvgIpc) is 3.05. The first-order chi connectivity index (χ1) is 14.0. The smallest absolute Gasteiger partial charge is 0.348 e. The summed E-state index contributed by atoms with van der Waals surface area (Å²) >= 11 is 0.815. The molecule has 0 amide bonds. The summed E-state index contributed by atoms with van der Waals surface area (Å²) in [4.78, 5) is 25.7. The lowest BCUT2D eigenvalue weighted by atomic mass is 9.74. The zero-order valence-corrected chi connectivity index (χ0v) is 18.5. The molecule has 0 N–H and O–H groups in total. The quantitative estimate of drug-likeness (QED) is 0.660. The Kier molecular flexibility index (Phi) is 5.14. The van der Waals surface area contributed by atoms with Crippen LogP contribution in [-0.4, -0.2) is 45.7 Å². The first-order valence-electron chi connectivity index (χ1n) is 9.50. The molecule has 0 spiro atoms. The maximum Gasteiger partial charge on any atom is 0.348 e. The SMILES string of the molecule is CC1(C)CC(=O)c2c(S(C)(=O)=O)sc(C(=O)OCC3COc4ccccc4O3)c2C1. The van der Waals surface area contributed by atoms with E-state index in [1.165, 1.54) is 0 Å². The van der Waals surface area contributed by atoms with Gasteiger partial charge in [-0.15, -0.1) is 11.3 Å². The number of thiophene rings is 1. The largest absolute Gasteiger partial charge is 0.486 e. The van der Waals surface area contributed by atoms with Crippen LogP contribution in [0.1, 0.15) is 45.9 Å². The van der Waals surface area contributed by atoms with Crippen molar-refractivity contribution in [3.8, 4) is 11.5 Å². The maximum absolute atomic E-state index is 12.8. The van der Waals surface area contributed by atoms with E-state index in [1.807, 2.05) is 26.0 Å². The van der Waals surface area contributed by atoms with Crippen molar-refractivity contribution in [3.05, 3.63) is 40.3 Å². The van der Waals surface area contributed by atoms with Crippen LogP contribution in [0.3, 0.4) is 0 Å². The van der Waals surface area contributed by atoms with Crippen molar-refractivity contribution in [1.82, 2.24) is 0 Å². The highest BCUT2D eigenvalue weighted by atomic mass is 32.2. The molecule has 160 valence electrons. The summed E-state index contributed by atoms with van der Waals surface area (Å²) in [6.07, 6.45) is 1.24. The van der Waals surface area contributed by atoms with Crippen LogP contribution in [-0.2, 0) is 21.0 Å². The number of carbonyl (C=O) groups excluding carboxylic acids is 2. The van der Waals surface area contributed by atoms with E-state index in [9.17, 15) is 18.0 Å².